The van der Waals surface area contributed by atoms with Crippen molar-refractivity contribution in [1.29, 1.82) is 0 Å². The van der Waals surface area contributed by atoms with Gasteiger partial charge < -0.3 is 19.3 Å². The summed E-state index contributed by atoms with van der Waals surface area (Å²) in [5.41, 5.74) is 0.650. The maximum Gasteiger partial charge on any atom is 0.119 e. The predicted octanol–water partition coefficient (Wildman–Crippen LogP) is 1.37. The minimum absolute atomic E-state index is 0.577. The summed E-state index contributed by atoms with van der Waals surface area (Å²) >= 11 is 0. The molecule has 146 valence electrons. The van der Waals surface area contributed by atoms with Gasteiger partial charge in [-0.05, 0) is 31.0 Å². The largest absolute Gasteiger partial charge is 0.491 e. The maximum absolute atomic E-state index is 10.9. The molecule has 0 aliphatic carbocycles. The molecular weight excluding hydrogens is 332 g/mol. The van der Waals surface area contributed by atoms with E-state index in [2.05, 4.69) is 21.9 Å². The predicted molar refractivity (Wildman–Crippen MR) is 101 cm³/mol. The molecule has 2 fully saturated rings. The molecule has 6 heteroatoms. The number of likely N-dealkylation sites (tertiary alicyclic amines) is 1. The van der Waals surface area contributed by atoms with Crippen LogP contribution >= 0.6 is 0 Å². The van der Waals surface area contributed by atoms with E-state index in [1.807, 2.05) is 19.1 Å². The van der Waals surface area contributed by atoms with Gasteiger partial charge in [-0.25, -0.2) is 0 Å². The molecule has 0 radical (unpaired) electrons. The fourth-order valence-corrected chi connectivity index (χ4v) is 3.69. The topological polar surface area (TPSA) is 54.4 Å². The van der Waals surface area contributed by atoms with Gasteiger partial charge in [0.25, 0.3) is 0 Å². The van der Waals surface area contributed by atoms with Crippen LogP contribution < -0.4 is 4.74 Å². The number of β-amino-alcohol motifs (C(OH)–C–C–N with tert-alkyl or cyclic N) is 1. The van der Waals surface area contributed by atoms with Crippen molar-refractivity contribution in [2.24, 2.45) is 0 Å². The van der Waals surface area contributed by atoms with E-state index in [-0.39, 0.29) is 0 Å². The highest BCUT2D eigenvalue weighted by Crippen LogP contribution is 2.25. The van der Waals surface area contributed by atoms with E-state index in [1.54, 1.807) is 0 Å². The number of morpholine rings is 1. The molecule has 2 heterocycles. The highest BCUT2D eigenvalue weighted by atomic mass is 16.5. The zero-order chi connectivity index (χ0) is 18.2. The van der Waals surface area contributed by atoms with Gasteiger partial charge in [-0.2, -0.15) is 0 Å². The van der Waals surface area contributed by atoms with Crippen LogP contribution in [0.25, 0.3) is 0 Å². The molecule has 0 aromatic heterocycles. The van der Waals surface area contributed by atoms with Crippen molar-refractivity contribution in [3.63, 3.8) is 0 Å². The second-order valence-corrected chi connectivity index (χ2v) is 7.26. The SMILES string of the molecule is CCOCCOc1ccc(CN2CC[C@](O)(CN3CCOCC3)C2)cc1. The normalized spacial score (nSPS) is 24.8. The van der Waals surface area contributed by atoms with Gasteiger partial charge in [0.15, 0.2) is 0 Å². The number of hydrogen-bond acceptors (Lipinski definition) is 6. The highest BCUT2D eigenvalue weighted by molar-refractivity contribution is 5.27. The Morgan fingerprint density at radius 1 is 1.08 bits per heavy atom. The van der Waals surface area contributed by atoms with Crippen molar-refractivity contribution in [3.05, 3.63) is 29.8 Å². The molecule has 6 nitrogen and oxygen atoms in total. The first kappa shape index (κ1) is 19.6. The number of aliphatic hydroxyl groups is 1. The van der Waals surface area contributed by atoms with E-state index in [0.29, 0.717) is 13.2 Å². The second-order valence-electron chi connectivity index (χ2n) is 7.26. The lowest BCUT2D eigenvalue weighted by atomic mass is 10.0. The Morgan fingerprint density at radius 3 is 2.58 bits per heavy atom. The third kappa shape index (κ3) is 5.93. The van der Waals surface area contributed by atoms with E-state index >= 15 is 0 Å². The van der Waals surface area contributed by atoms with Gasteiger partial charge in [-0.15, -0.1) is 0 Å². The first-order valence-electron chi connectivity index (χ1n) is 9.71. The molecule has 1 atom stereocenters. The highest BCUT2D eigenvalue weighted by Gasteiger charge is 2.37. The summed E-state index contributed by atoms with van der Waals surface area (Å²) in [5.74, 6) is 0.874. The quantitative estimate of drug-likeness (QED) is 0.668. The van der Waals surface area contributed by atoms with Gasteiger partial charge in [0.1, 0.15) is 12.4 Å². The summed E-state index contributed by atoms with van der Waals surface area (Å²) in [6.07, 6.45) is 0.836. The summed E-state index contributed by atoms with van der Waals surface area (Å²) in [5, 5.41) is 10.9. The number of ether oxygens (including phenoxy) is 3. The Balaban J connectivity index is 1.43. The number of nitrogens with zero attached hydrogens (tertiary/aromatic N) is 2. The second kappa shape index (κ2) is 9.67. The van der Waals surface area contributed by atoms with E-state index in [4.69, 9.17) is 14.2 Å². The van der Waals surface area contributed by atoms with E-state index < -0.39 is 5.60 Å². The maximum atomic E-state index is 10.9. The van der Waals surface area contributed by atoms with Crippen molar-refractivity contribution in [2.75, 3.05) is 65.8 Å². The lowest BCUT2D eigenvalue weighted by Crippen LogP contribution is -2.48. The minimum atomic E-state index is -0.598. The number of rotatable bonds is 9. The van der Waals surface area contributed by atoms with Crippen LogP contribution in [-0.4, -0.2) is 86.3 Å². The molecule has 2 aliphatic heterocycles. The fraction of sp³-hybridized carbons (Fsp3) is 0.700. The Hall–Kier alpha value is -1.18. The summed E-state index contributed by atoms with van der Waals surface area (Å²) in [4.78, 5) is 4.66. The van der Waals surface area contributed by atoms with Gasteiger partial charge in [0.2, 0.25) is 0 Å². The molecule has 0 bridgehead atoms. The van der Waals surface area contributed by atoms with Crippen LogP contribution in [0.1, 0.15) is 18.9 Å². The third-order valence-corrected chi connectivity index (χ3v) is 5.06. The van der Waals surface area contributed by atoms with Crippen LogP contribution in [0.15, 0.2) is 24.3 Å². The Morgan fingerprint density at radius 2 is 1.85 bits per heavy atom. The van der Waals surface area contributed by atoms with Gasteiger partial charge in [0, 0.05) is 45.9 Å². The van der Waals surface area contributed by atoms with E-state index in [9.17, 15) is 5.11 Å². The Kier molecular flexibility index (Phi) is 7.28. The first-order chi connectivity index (χ1) is 12.7. The molecule has 26 heavy (non-hydrogen) atoms. The minimum Gasteiger partial charge on any atom is -0.491 e. The lowest BCUT2D eigenvalue weighted by molar-refractivity contribution is -0.0266. The zero-order valence-electron chi connectivity index (χ0n) is 15.9. The van der Waals surface area contributed by atoms with Crippen LogP contribution in [0.3, 0.4) is 0 Å². The average molecular weight is 364 g/mol. The molecule has 3 rings (SSSR count). The molecule has 2 aliphatic rings. The van der Waals surface area contributed by atoms with Crippen LogP contribution in [0.2, 0.25) is 0 Å². The third-order valence-electron chi connectivity index (χ3n) is 5.06. The van der Waals surface area contributed by atoms with Gasteiger partial charge >= 0.3 is 0 Å². The van der Waals surface area contributed by atoms with Crippen LogP contribution in [0.4, 0.5) is 0 Å². The van der Waals surface area contributed by atoms with Gasteiger partial charge in [-0.1, -0.05) is 12.1 Å². The molecular formula is C20H32N2O4. The van der Waals surface area contributed by atoms with Gasteiger partial charge in [-0.3, -0.25) is 9.80 Å². The standard InChI is InChI=1S/C20H32N2O4/c1-2-24-13-14-26-19-5-3-18(4-6-19)15-22-8-7-20(23,17-22)16-21-9-11-25-12-10-21/h3-6,23H,2,7-17H2,1H3/t20-/m0/s1. The smallest absolute Gasteiger partial charge is 0.119 e. The molecule has 2 saturated heterocycles. The Bertz CT molecular complexity index is 533. The van der Waals surface area contributed by atoms with Crippen LogP contribution in [0, 0.1) is 0 Å². The molecule has 0 spiro atoms. The fourth-order valence-electron chi connectivity index (χ4n) is 3.69. The van der Waals surface area contributed by atoms with Crippen molar-refractivity contribution in [2.45, 2.75) is 25.5 Å². The number of benzene rings is 1. The molecule has 0 unspecified atom stereocenters. The molecule has 1 aromatic carbocycles. The molecule has 0 amide bonds. The van der Waals surface area contributed by atoms with Crippen molar-refractivity contribution < 1.29 is 19.3 Å². The van der Waals surface area contributed by atoms with E-state index in [0.717, 1.165) is 71.3 Å². The summed E-state index contributed by atoms with van der Waals surface area (Å²) in [6.45, 7) is 10.6. The molecule has 1 aromatic rings. The number of hydrogen-bond donors (Lipinski definition) is 1. The summed E-state index contributed by atoms with van der Waals surface area (Å²) in [6, 6.07) is 8.24. The molecule has 0 saturated carbocycles. The van der Waals surface area contributed by atoms with Crippen molar-refractivity contribution in [3.8, 4) is 5.75 Å². The molecule has 1 N–H and O–H groups in total. The summed E-state index contributed by atoms with van der Waals surface area (Å²) in [7, 11) is 0. The average Bonchev–Trinajstić information content (AvgIpc) is 3.01. The lowest BCUT2D eigenvalue weighted by Gasteiger charge is -2.33. The van der Waals surface area contributed by atoms with E-state index in [1.165, 1.54) is 5.56 Å². The monoisotopic (exact) mass is 364 g/mol. The Labute approximate surface area is 156 Å². The van der Waals surface area contributed by atoms with Crippen molar-refractivity contribution in [1.82, 2.24) is 9.80 Å². The van der Waals surface area contributed by atoms with Gasteiger partial charge in [0.05, 0.1) is 25.4 Å². The zero-order valence-corrected chi connectivity index (χ0v) is 15.9. The van der Waals surface area contributed by atoms with Crippen molar-refractivity contribution >= 4 is 0 Å². The van der Waals surface area contributed by atoms with Crippen LogP contribution in [-0.2, 0) is 16.0 Å². The first-order valence-corrected chi connectivity index (χ1v) is 9.71. The summed E-state index contributed by atoms with van der Waals surface area (Å²) < 4.78 is 16.3. The van der Waals surface area contributed by atoms with Crippen LogP contribution in [0.5, 0.6) is 5.75 Å².